The van der Waals surface area contributed by atoms with Crippen LogP contribution in [-0.4, -0.2) is 20.9 Å². The number of primary sulfonamides is 1. The Bertz CT molecular complexity index is 878. The average Bonchev–Trinajstić information content (AvgIpc) is 2.55. The Kier molecular flexibility index (Phi) is 5.81. The van der Waals surface area contributed by atoms with Crippen molar-refractivity contribution in [3.63, 3.8) is 0 Å². The first-order valence-electron chi connectivity index (χ1n) is 7.79. The molecule has 0 radical (unpaired) electrons. The van der Waals surface area contributed by atoms with E-state index in [0.717, 1.165) is 11.1 Å². The van der Waals surface area contributed by atoms with Gasteiger partial charge in [0, 0.05) is 0 Å². The van der Waals surface area contributed by atoms with Gasteiger partial charge in [-0.05, 0) is 55.7 Å². The molecule has 0 aliphatic heterocycles. The summed E-state index contributed by atoms with van der Waals surface area (Å²) in [4.78, 5) is 12.1. The van der Waals surface area contributed by atoms with Gasteiger partial charge < -0.3 is 10.1 Å². The van der Waals surface area contributed by atoms with Crippen LogP contribution in [0.15, 0.2) is 47.4 Å². The molecule has 3 N–H and O–H groups in total. The Morgan fingerprint density at radius 1 is 1.20 bits per heavy atom. The van der Waals surface area contributed by atoms with Gasteiger partial charge in [-0.1, -0.05) is 24.3 Å². The number of sulfonamides is 1. The first-order valence-corrected chi connectivity index (χ1v) is 9.33. The highest BCUT2D eigenvalue weighted by molar-refractivity contribution is 7.89. The van der Waals surface area contributed by atoms with Gasteiger partial charge in [-0.3, -0.25) is 4.79 Å². The molecule has 0 spiro atoms. The zero-order chi connectivity index (χ0) is 18.6. The Morgan fingerprint density at radius 3 is 2.60 bits per heavy atom. The molecule has 1 unspecified atom stereocenters. The maximum atomic E-state index is 12.1. The van der Waals surface area contributed by atoms with Gasteiger partial charge in [0.2, 0.25) is 10.0 Å². The fourth-order valence-corrected chi connectivity index (χ4v) is 2.90. The number of aryl methyl sites for hydroxylation is 2. The molecule has 0 saturated carbocycles. The highest BCUT2D eigenvalue weighted by Crippen LogP contribution is 2.19. The lowest BCUT2D eigenvalue weighted by Gasteiger charge is -2.16. The topological polar surface area (TPSA) is 98.5 Å². The van der Waals surface area contributed by atoms with Crippen molar-refractivity contribution in [1.82, 2.24) is 5.32 Å². The number of benzene rings is 2. The first-order chi connectivity index (χ1) is 11.7. The number of ether oxygens (including phenoxy) is 1. The van der Waals surface area contributed by atoms with E-state index < -0.39 is 10.0 Å². The van der Waals surface area contributed by atoms with Crippen molar-refractivity contribution in [2.45, 2.75) is 31.7 Å². The molecule has 7 heteroatoms. The third-order valence-corrected chi connectivity index (χ3v) is 4.68. The van der Waals surface area contributed by atoms with Crippen LogP contribution < -0.4 is 15.2 Å². The normalized spacial score (nSPS) is 12.5. The van der Waals surface area contributed by atoms with Crippen LogP contribution in [0.3, 0.4) is 0 Å². The van der Waals surface area contributed by atoms with Gasteiger partial charge >= 0.3 is 0 Å². The molecule has 0 heterocycles. The summed E-state index contributed by atoms with van der Waals surface area (Å²) in [5.41, 5.74) is 2.65. The van der Waals surface area contributed by atoms with Gasteiger partial charge in [0.25, 0.3) is 5.91 Å². The van der Waals surface area contributed by atoms with Crippen molar-refractivity contribution in [3.8, 4) is 5.75 Å². The number of carbonyl (C=O) groups is 1. The Hall–Kier alpha value is -2.38. The SMILES string of the molecule is Cc1ccc(C)c(OCC(=O)NC(C)c2cccc(S(N)(=O)=O)c2)c1. The van der Waals surface area contributed by atoms with Crippen LogP contribution in [0, 0.1) is 13.8 Å². The molecule has 2 rings (SSSR count). The van der Waals surface area contributed by atoms with Crippen LogP contribution in [0.2, 0.25) is 0 Å². The van der Waals surface area contributed by atoms with E-state index in [2.05, 4.69) is 5.32 Å². The number of hydrogen-bond donors (Lipinski definition) is 2. The number of nitrogens with two attached hydrogens (primary N) is 1. The van der Waals surface area contributed by atoms with Gasteiger partial charge in [0.1, 0.15) is 5.75 Å². The number of hydrogen-bond acceptors (Lipinski definition) is 4. The summed E-state index contributed by atoms with van der Waals surface area (Å²) in [5, 5.41) is 7.91. The molecule has 134 valence electrons. The minimum atomic E-state index is -3.78. The molecule has 25 heavy (non-hydrogen) atoms. The molecule has 6 nitrogen and oxygen atoms in total. The van der Waals surface area contributed by atoms with Crippen LogP contribution in [-0.2, 0) is 14.8 Å². The van der Waals surface area contributed by atoms with Crippen LogP contribution in [0.1, 0.15) is 29.7 Å². The maximum Gasteiger partial charge on any atom is 0.258 e. The van der Waals surface area contributed by atoms with E-state index >= 15 is 0 Å². The minimum Gasteiger partial charge on any atom is -0.483 e. The predicted molar refractivity (Wildman–Crippen MR) is 95.8 cm³/mol. The third-order valence-electron chi connectivity index (χ3n) is 3.77. The molecule has 1 amide bonds. The quantitative estimate of drug-likeness (QED) is 0.823. The molecular weight excluding hydrogens is 340 g/mol. The second-order valence-electron chi connectivity index (χ2n) is 5.96. The van der Waals surface area contributed by atoms with Crippen molar-refractivity contribution in [2.75, 3.05) is 6.61 Å². The van der Waals surface area contributed by atoms with Crippen molar-refractivity contribution in [1.29, 1.82) is 0 Å². The highest BCUT2D eigenvalue weighted by Gasteiger charge is 2.14. The van der Waals surface area contributed by atoms with Crippen LogP contribution >= 0.6 is 0 Å². The Balaban J connectivity index is 1.99. The fourth-order valence-electron chi connectivity index (χ4n) is 2.33. The van der Waals surface area contributed by atoms with Crippen LogP contribution in [0.5, 0.6) is 5.75 Å². The van der Waals surface area contributed by atoms with E-state index in [1.165, 1.54) is 12.1 Å². The largest absolute Gasteiger partial charge is 0.483 e. The number of nitrogens with one attached hydrogen (secondary N) is 1. The van der Waals surface area contributed by atoms with E-state index in [1.54, 1.807) is 19.1 Å². The maximum absolute atomic E-state index is 12.1. The van der Waals surface area contributed by atoms with Gasteiger partial charge in [0.15, 0.2) is 6.61 Å². The lowest BCUT2D eigenvalue weighted by atomic mass is 10.1. The molecule has 0 aliphatic carbocycles. The summed E-state index contributed by atoms with van der Waals surface area (Å²) in [5.74, 6) is 0.369. The highest BCUT2D eigenvalue weighted by atomic mass is 32.2. The number of carbonyl (C=O) groups excluding carboxylic acids is 1. The molecule has 0 saturated heterocycles. The van der Waals surface area contributed by atoms with E-state index in [9.17, 15) is 13.2 Å². The molecule has 1 atom stereocenters. The summed E-state index contributed by atoms with van der Waals surface area (Å²) in [6.07, 6.45) is 0. The number of rotatable bonds is 6. The average molecular weight is 362 g/mol. The van der Waals surface area contributed by atoms with Crippen LogP contribution in [0.4, 0.5) is 0 Å². The molecule has 0 aromatic heterocycles. The zero-order valence-electron chi connectivity index (χ0n) is 14.4. The minimum absolute atomic E-state index is 0.0118. The molecule has 0 bridgehead atoms. The second-order valence-corrected chi connectivity index (χ2v) is 7.53. The molecule has 0 aliphatic rings. The fraction of sp³-hybridized carbons (Fsp3) is 0.278. The van der Waals surface area contributed by atoms with Crippen LogP contribution in [0.25, 0.3) is 0 Å². The smallest absolute Gasteiger partial charge is 0.258 e. The lowest BCUT2D eigenvalue weighted by Crippen LogP contribution is -2.31. The standard InChI is InChI=1S/C18H22N2O4S/c1-12-7-8-13(2)17(9-12)24-11-18(21)20-14(3)15-5-4-6-16(10-15)25(19,22)23/h4-10,14H,11H2,1-3H3,(H,20,21)(H2,19,22,23). The monoisotopic (exact) mass is 362 g/mol. The third kappa shape index (κ3) is 5.30. The summed E-state index contributed by atoms with van der Waals surface area (Å²) in [6.45, 7) is 5.50. The summed E-state index contributed by atoms with van der Waals surface area (Å²) in [6, 6.07) is 11.6. The van der Waals surface area contributed by atoms with E-state index in [4.69, 9.17) is 9.88 Å². The first kappa shape index (κ1) is 19.0. The van der Waals surface area contributed by atoms with Crippen molar-refractivity contribution < 1.29 is 17.9 Å². The molecule has 2 aromatic carbocycles. The van der Waals surface area contributed by atoms with Crippen molar-refractivity contribution in [3.05, 3.63) is 59.2 Å². The predicted octanol–water partition coefficient (Wildman–Crippen LogP) is 2.21. The summed E-state index contributed by atoms with van der Waals surface area (Å²) >= 11 is 0. The summed E-state index contributed by atoms with van der Waals surface area (Å²) in [7, 11) is -3.78. The van der Waals surface area contributed by atoms with Gasteiger partial charge in [-0.15, -0.1) is 0 Å². The number of amides is 1. The van der Waals surface area contributed by atoms with Gasteiger partial charge in [-0.2, -0.15) is 0 Å². The van der Waals surface area contributed by atoms with Gasteiger partial charge in [0.05, 0.1) is 10.9 Å². The zero-order valence-corrected chi connectivity index (χ0v) is 15.3. The molecule has 2 aromatic rings. The molecular formula is C18H22N2O4S. The molecule has 0 fully saturated rings. The van der Waals surface area contributed by atoms with Gasteiger partial charge in [-0.25, -0.2) is 13.6 Å². The van der Waals surface area contributed by atoms with E-state index in [0.29, 0.717) is 11.3 Å². The van der Waals surface area contributed by atoms with E-state index in [-0.39, 0.29) is 23.5 Å². The van der Waals surface area contributed by atoms with Crippen molar-refractivity contribution >= 4 is 15.9 Å². The Labute approximate surface area is 148 Å². The van der Waals surface area contributed by atoms with Crippen molar-refractivity contribution in [2.24, 2.45) is 5.14 Å². The second kappa shape index (κ2) is 7.67. The lowest BCUT2D eigenvalue weighted by molar-refractivity contribution is -0.123. The van der Waals surface area contributed by atoms with E-state index in [1.807, 2.05) is 32.0 Å². The summed E-state index contributed by atoms with van der Waals surface area (Å²) < 4.78 is 28.4. The Morgan fingerprint density at radius 2 is 1.92 bits per heavy atom.